The van der Waals surface area contributed by atoms with E-state index in [4.69, 9.17) is 4.74 Å². The second kappa shape index (κ2) is 9.77. The Balaban J connectivity index is 2.47. The average molecular weight is 269 g/mol. The van der Waals surface area contributed by atoms with E-state index < -0.39 is 0 Å². The van der Waals surface area contributed by atoms with Crippen LogP contribution in [-0.4, -0.2) is 24.8 Å². The fraction of sp³-hybridized carbons (Fsp3) is 1.00. The zero-order chi connectivity index (χ0) is 14.1. The van der Waals surface area contributed by atoms with Gasteiger partial charge in [-0.15, -0.1) is 0 Å². The van der Waals surface area contributed by atoms with Crippen LogP contribution < -0.4 is 5.32 Å². The van der Waals surface area contributed by atoms with Crippen LogP contribution >= 0.6 is 0 Å². The number of unbranched alkanes of at least 4 members (excludes halogenated alkanes) is 1. The lowest BCUT2D eigenvalue weighted by Crippen LogP contribution is -2.41. The molecule has 1 fully saturated rings. The molecule has 2 heteroatoms. The van der Waals surface area contributed by atoms with Gasteiger partial charge < -0.3 is 10.1 Å². The molecule has 4 atom stereocenters. The van der Waals surface area contributed by atoms with Crippen molar-refractivity contribution in [3.05, 3.63) is 0 Å². The first-order chi connectivity index (χ1) is 9.21. The first-order valence-electron chi connectivity index (χ1n) is 8.60. The van der Waals surface area contributed by atoms with Crippen LogP contribution in [0.3, 0.4) is 0 Å². The first kappa shape index (κ1) is 17.0. The molecule has 1 saturated heterocycles. The standard InChI is InChI=1S/C17H35NO/c1-5-8-9-15(7-3)13-16(18-12-6-2)17-11-10-14(4)19-17/h14-18H,5-13H2,1-4H3. The molecular weight excluding hydrogens is 234 g/mol. The molecule has 4 unspecified atom stereocenters. The van der Waals surface area contributed by atoms with Crippen LogP contribution in [0.1, 0.15) is 79.1 Å². The van der Waals surface area contributed by atoms with Crippen LogP contribution in [0.5, 0.6) is 0 Å². The summed E-state index contributed by atoms with van der Waals surface area (Å²) < 4.78 is 6.11. The molecule has 0 aromatic rings. The van der Waals surface area contributed by atoms with E-state index in [1.807, 2.05) is 0 Å². The van der Waals surface area contributed by atoms with Crippen LogP contribution in [0.15, 0.2) is 0 Å². The van der Waals surface area contributed by atoms with E-state index >= 15 is 0 Å². The Morgan fingerprint density at radius 3 is 2.47 bits per heavy atom. The SMILES string of the molecule is CCCCC(CC)CC(NCCC)C1CCC(C)O1. The highest BCUT2D eigenvalue weighted by Gasteiger charge is 2.30. The van der Waals surface area contributed by atoms with E-state index in [-0.39, 0.29) is 0 Å². The Hall–Kier alpha value is -0.0800. The molecule has 0 radical (unpaired) electrons. The summed E-state index contributed by atoms with van der Waals surface area (Å²) in [5.74, 6) is 0.869. The van der Waals surface area contributed by atoms with Crippen molar-refractivity contribution in [1.82, 2.24) is 5.32 Å². The molecule has 1 N–H and O–H groups in total. The number of nitrogens with one attached hydrogen (secondary N) is 1. The highest BCUT2D eigenvalue weighted by atomic mass is 16.5. The molecular formula is C17H35NO. The summed E-state index contributed by atoms with van der Waals surface area (Å²) in [5.41, 5.74) is 0. The van der Waals surface area contributed by atoms with E-state index in [1.54, 1.807) is 0 Å². The third kappa shape index (κ3) is 6.27. The van der Waals surface area contributed by atoms with Crippen molar-refractivity contribution in [2.45, 2.75) is 97.3 Å². The fourth-order valence-electron chi connectivity index (χ4n) is 3.17. The number of rotatable bonds is 10. The summed E-state index contributed by atoms with van der Waals surface area (Å²) >= 11 is 0. The summed E-state index contributed by atoms with van der Waals surface area (Å²) in [5, 5.41) is 3.75. The van der Waals surface area contributed by atoms with Crippen molar-refractivity contribution in [3.8, 4) is 0 Å². The van der Waals surface area contributed by atoms with Crippen molar-refractivity contribution in [3.63, 3.8) is 0 Å². The summed E-state index contributed by atoms with van der Waals surface area (Å²) in [6.45, 7) is 10.2. The molecule has 1 aliphatic heterocycles. The quantitative estimate of drug-likeness (QED) is 0.629. The molecule has 1 heterocycles. The Bertz CT molecular complexity index is 219. The van der Waals surface area contributed by atoms with Crippen LogP contribution in [0.25, 0.3) is 0 Å². The Morgan fingerprint density at radius 1 is 1.16 bits per heavy atom. The lowest BCUT2D eigenvalue weighted by molar-refractivity contribution is 0.0256. The van der Waals surface area contributed by atoms with Gasteiger partial charge in [0.05, 0.1) is 12.2 Å². The minimum absolute atomic E-state index is 0.456. The van der Waals surface area contributed by atoms with Gasteiger partial charge in [0, 0.05) is 6.04 Å². The molecule has 0 saturated carbocycles. The maximum Gasteiger partial charge on any atom is 0.0732 e. The highest BCUT2D eigenvalue weighted by molar-refractivity contribution is 4.84. The zero-order valence-corrected chi connectivity index (χ0v) is 13.6. The monoisotopic (exact) mass is 269 g/mol. The molecule has 0 aromatic carbocycles. The van der Waals surface area contributed by atoms with Crippen LogP contribution in [0.2, 0.25) is 0 Å². The molecule has 0 spiro atoms. The summed E-state index contributed by atoms with van der Waals surface area (Å²) in [7, 11) is 0. The molecule has 19 heavy (non-hydrogen) atoms. The summed E-state index contributed by atoms with van der Waals surface area (Å²) in [4.78, 5) is 0. The highest BCUT2D eigenvalue weighted by Crippen LogP contribution is 2.27. The van der Waals surface area contributed by atoms with Gasteiger partial charge in [-0.05, 0) is 45.1 Å². The molecule has 0 aliphatic carbocycles. The minimum atomic E-state index is 0.456. The molecule has 114 valence electrons. The molecule has 0 amide bonds. The van der Waals surface area contributed by atoms with E-state index in [0.29, 0.717) is 18.2 Å². The predicted octanol–water partition coefficient (Wildman–Crippen LogP) is 4.53. The van der Waals surface area contributed by atoms with Crippen molar-refractivity contribution in [1.29, 1.82) is 0 Å². The van der Waals surface area contributed by atoms with E-state index in [1.165, 1.54) is 51.4 Å². The zero-order valence-electron chi connectivity index (χ0n) is 13.6. The second-order valence-electron chi connectivity index (χ2n) is 6.28. The molecule has 0 bridgehead atoms. The van der Waals surface area contributed by atoms with Crippen molar-refractivity contribution in [2.24, 2.45) is 5.92 Å². The fourth-order valence-corrected chi connectivity index (χ4v) is 3.17. The molecule has 1 aliphatic rings. The van der Waals surface area contributed by atoms with Crippen LogP contribution in [0.4, 0.5) is 0 Å². The number of hydrogen-bond acceptors (Lipinski definition) is 2. The lowest BCUT2D eigenvalue weighted by atomic mass is 9.89. The van der Waals surface area contributed by atoms with Crippen molar-refractivity contribution < 1.29 is 4.74 Å². The third-order valence-corrected chi connectivity index (χ3v) is 4.50. The Kier molecular flexibility index (Phi) is 8.72. The Morgan fingerprint density at radius 2 is 1.95 bits per heavy atom. The maximum absolute atomic E-state index is 6.11. The van der Waals surface area contributed by atoms with Crippen molar-refractivity contribution in [2.75, 3.05) is 6.54 Å². The van der Waals surface area contributed by atoms with Gasteiger partial charge in [-0.2, -0.15) is 0 Å². The Labute approximate surface area is 120 Å². The minimum Gasteiger partial charge on any atom is -0.374 e. The first-order valence-corrected chi connectivity index (χ1v) is 8.60. The van der Waals surface area contributed by atoms with Crippen molar-refractivity contribution >= 4 is 0 Å². The van der Waals surface area contributed by atoms with Gasteiger partial charge in [0.15, 0.2) is 0 Å². The number of hydrogen-bond donors (Lipinski definition) is 1. The smallest absolute Gasteiger partial charge is 0.0732 e. The summed E-state index contributed by atoms with van der Waals surface area (Å²) in [6.07, 6.45) is 11.3. The van der Waals surface area contributed by atoms with Gasteiger partial charge in [0.1, 0.15) is 0 Å². The van der Waals surface area contributed by atoms with E-state index in [0.717, 1.165) is 12.5 Å². The van der Waals surface area contributed by atoms with Crippen LogP contribution in [0, 0.1) is 5.92 Å². The average Bonchev–Trinajstić information content (AvgIpc) is 2.84. The van der Waals surface area contributed by atoms with Gasteiger partial charge in [0.2, 0.25) is 0 Å². The number of ether oxygens (including phenoxy) is 1. The van der Waals surface area contributed by atoms with Gasteiger partial charge in [0.25, 0.3) is 0 Å². The topological polar surface area (TPSA) is 21.3 Å². The van der Waals surface area contributed by atoms with Gasteiger partial charge in [-0.3, -0.25) is 0 Å². The van der Waals surface area contributed by atoms with Gasteiger partial charge in [-0.25, -0.2) is 0 Å². The summed E-state index contributed by atoms with van der Waals surface area (Å²) in [6, 6.07) is 0.576. The second-order valence-corrected chi connectivity index (χ2v) is 6.28. The molecule has 2 nitrogen and oxygen atoms in total. The van der Waals surface area contributed by atoms with Gasteiger partial charge >= 0.3 is 0 Å². The third-order valence-electron chi connectivity index (χ3n) is 4.50. The molecule has 0 aromatic heterocycles. The van der Waals surface area contributed by atoms with Crippen LogP contribution in [-0.2, 0) is 4.74 Å². The largest absolute Gasteiger partial charge is 0.374 e. The maximum atomic E-state index is 6.11. The van der Waals surface area contributed by atoms with E-state index in [9.17, 15) is 0 Å². The predicted molar refractivity (Wildman–Crippen MR) is 83.6 cm³/mol. The molecule has 1 rings (SSSR count). The normalized spacial score (nSPS) is 26.5. The van der Waals surface area contributed by atoms with E-state index in [2.05, 4.69) is 33.0 Å². The lowest BCUT2D eigenvalue weighted by Gasteiger charge is -2.28. The van der Waals surface area contributed by atoms with Gasteiger partial charge in [-0.1, -0.05) is 46.5 Å².